The second-order valence-corrected chi connectivity index (χ2v) is 4.47. The summed E-state index contributed by atoms with van der Waals surface area (Å²) in [4.78, 5) is 22.4. The van der Waals surface area contributed by atoms with Crippen LogP contribution in [0.2, 0.25) is 0 Å². The van der Waals surface area contributed by atoms with Crippen molar-refractivity contribution in [1.29, 1.82) is 0 Å². The first kappa shape index (κ1) is 16.0. The maximum absolute atomic E-state index is 11.8. The standard InChI is InChI=1S/C16H14N2O5/c19-13-6-3-5-11(8-13)16(22)18-17-9-12-4-1-2-7-14(12)23-10-15(20)21/h1-9,19H,10H2,(H,18,22)(H,20,21)/b17-9+. The summed E-state index contributed by atoms with van der Waals surface area (Å²) in [5.74, 6) is -1.26. The number of rotatable bonds is 6. The number of aromatic hydroxyl groups is 1. The second kappa shape index (κ2) is 7.60. The molecule has 0 radical (unpaired) electrons. The van der Waals surface area contributed by atoms with Gasteiger partial charge in [0.15, 0.2) is 6.61 Å². The zero-order valence-electron chi connectivity index (χ0n) is 12.0. The van der Waals surface area contributed by atoms with E-state index in [1.165, 1.54) is 24.4 Å². The van der Waals surface area contributed by atoms with Crippen molar-refractivity contribution in [3.05, 3.63) is 59.7 Å². The molecule has 2 aromatic carbocycles. The molecule has 0 saturated heterocycles. The molecule has 3 N–H and O–H groups in total. The van der Waals surface area contributed by atoms with E-state index >= 15 is 0 Å². The van der Waals surface area contributed by atoms with Crippen molar-refractivity contribution in [2.45, 2.75) is 0 Å². The van der Waals surface area contributed by atoms with Crippen LogP contribution >= 0.6 is 0 Å². The Bertz CT molecular complexity index is 743. The van der Waals surface area contributed by atoms with Crippen LogP contribution in [-0.4, -0.2) is 34.9 Å². The van der Waals surface area contributed by atoms with E-state index in [0.29, 0.717) is 11.3 Å². The van der Waals surface area contributed by atoms with Crippen LogP contribution in [0, 0.1) is 0 Å². The molecule has 0 unspecified atom stereocenters. The number of ether oxygens (including phenoxy) is 1. The first-order valence-corrected chi connectivity index (χ1v) is 6.62. The molecule has 2 aromatic rings. The number of hydrogen-bond acceptors (Lipinski definition) is 5. The molecule has 0 aromatic heterocycles. The number of nitrogens with one attached hydrogen (secondary N) is 1. The molecule has 0 fully saturated rings. The van der Waals surface area contributed by atoms with E-state index in [-0.39, 0.29) is 11.3 Å². The third-order valence-electron chi connectivity index (χ3n) is 2.75. The fourth-order valence-corrected chi connectivity index (χ4v) is 1.73. The number of carbonyl (C=O) groups is 2. The Balaban J connectivity index is 2.03. The van der Waals surface area contributed by atoms with Gasteiger partial charge in [0, 0.05) is 11.1 Å². The molecule has 2 rings (SSSR count). The summed E-state index contributed by atoms with van der Waals surface area (Å²) in [5.41, 5.74) is 3.09. The molecular weight excluding hydrogens is 300 g/mol. The molecule has 0 heterocycles. The highest BCUT2D eigenvalue weighted by Crippen LogP contribution is 2.15. The van der Waals surface area contributed by atoms with Gasteiger partial charge < -0.3 is 14.9 Å². The van der Waals surface area contributed by atoms with E-state index in [0.717, 1.165) is 0 Å². The van der Waals surface area contributed by atoms with E-state index < -0.39 is 18.5 Å². The summed E-state index contributed by atoms with van der Waals surface area (Å²) < 4.78 is 5.12. The van der Waals surface area contributed by atoms with Gasteiger partial charge in [0.1, 0.15) is 11.5 Å². The first-order chi connectivity index (χ1) is 11.1. The lowest BCUT2D eigenvalue weighted by molar-refractivity contribution is -0.139. The quantitative estimate of drug-likeness (QED) is 0.554. The monoisotopic (exact) mass is 314 g/mol. The minimum absolute atomic E-state index is 0.0194. The van der Waals surface area contributed by atoms with Crippen molar-refractivity contribution in [2.24, 2.45) is 5.10 Å². The summed E-state index contributed by atoms with van der Waals surface area (Å²) in [7, 11) is 0. The van der Waals surface area contributed by atoms with Gasteiger partial charge in [-0.2, -0.15) is 5.10 Å². The highest BCUT2D eigenvalue weighted by Gasteiger charge is 2.06. The topological polar surface area (TPSA) is 108 Å². The van der Waals surface area contributed by atoms with E-state index in [2.05, 4.69) is 10.5 Å². The number of phenols is 1. The predicted octanol–water partition coefficient (Wildman–Crippen LogP) is 1.62. The lowest BCUT2D eigenvalue weighted by Gasteiger charge is -2.06. The Kier molecular flexibility index (Phi) is 5.30. The molecule has 0 atom stereocenters. The molecule has 7 nitrogen and oxygen atoms in total. The van der Waals surface area contributed by atoms with E-state index in [1.54, 1.807) is 30.3 Å². The molecule has 0 saturated carbocycles. The number of carboxylic acid groups (broad SMARTS) is 1. The SMILES string of the molecule is O=C(O)COc1ccccc1/C=N/NC(=O)c1cccc(O)c1. The number of hydrogen-bond donors (Lipinski definition) is 3. The number of phenolic OH excluding ortho intramolecular Hbond substituents is 1. The third-order valence-corrected chi connectivity index (χ3v) is 2.75. The second-order valence-electron chi connectivity index (χ2n) is 4.47. The summed E-state index contributed by atoms with van der Waals surface area (Å²) in [6.45, 7) is -0.472. The number of aliphatic carboxylic acids is 1. The van der Waals surface area contributed by atoms with E-state index in [1.807, 2.05) is 0 Å². The van der Waals surface area contributed by atoms with Gasteiger partial charge in [-0.3, -0.25) is 4.79 Å². The van der Waals surface area contributed by atoms with Crippen molar-refractivity contribution in [3.8, 4) is 11.5 Å². The van der Waals surface area contributed by atoms with Gasteiger partial charge in [-0.1, -0.05) is 18.2 Å². The van der Waals surface area contributed by atoms with Crippen molar-refractivity contribution >= 4 is 18.1 Å². The number of amides is 1. The molecule has 0 aliphatic heterocycles. The van der Waals surface area contributed by atoms with Crippen molar-refractivity contribution in [1.82, 2.24) is 5.43 Å². The summed E-state index contributed by atoms with van der Waals surface area (Å²) in [6, 6.07) is 12.5. The largest absolute Gasteiger partial charge is 0.508 e. The van der Waals surface area contributed by atoms with Gasteiger partial charge in [0.25, 0.3) is 5.91 Å². The minimum Gasteiger partial charge on any atom is -0.508 e. The lowest BCUT2D eigenvalue weighted by Crippen LogP contribution is -2.17. The predicted molar refractivity (Wildman–Crippen MR) is 82.7 cm³/mol. The Morgan fingerprint density at radius 1 is 1.17 bits per heavy atom. The minimum atomic E-state index is -1.09. The average Bonchev–Trinajstić information content (AvgIpc) is 2.53. The van der Waals surface area contributed by atoms with Gasteiger partial charge in [0.05, 0.1) is 6.21 Å². The smallest absolute Gasteiger partial charge is 0.341 e. The number of nitrogens with zero attached hydrogens (tertiary/aromatic N) is 1. The number of para-hydroxylation sites is 1. The normalized spacial score (nSPS) is 10.4. The van der Waals surface area contributed by atoms with Gasteiger partial charge in [-0.25, -0.2) is 10.2 Å². The van der Waals surface area contributed by atoms with Gasteiger partial charge >= 0.3 is 5.97 Å². The van der Waals surface area contributed by atoms with E-state index in [4.69, 9.17) is 9.84 Å². The Morgan fingerprint density at radius 2 is 1.96 bits per heavy atom. The van der Waals surface area contributed by atoms with E-state index in [9.17, 15) is 14.7 Å². The molecular formula is C16H14N2O5. The van der Waals surface area contributed by atoms with Crippen molar-refractivity contribution in [3.63, 3.8) is 0 Å². The van der Waals surface area contributed by atoms with Crippen LogP contribution in [-0.2, 0) is 4.79 Å². The molecule has 0 aliphatic rings. The van der Waals surface area contributed by atoms with Crippen LogP contribution < -0.4 is 10.2 Å². The molecule has 1 amide bonds. The summed E-state index contributed by atoms with van der Waals surface area (Å²) >= 11 is 0. The fourth-order valence-electron chi connectivity index (χ4n) is 1.73. The highest BCUT2D eigenvalue weighted by atomic mass is 16.5. The lowest BCUT2D eigenvalue weighted by atomic mass is 10.2. The Morgan fingerprint density at radius 3 is 2.70 bits per heavy atom. The van der Waals surface area contributed by atoms with Gasteiger partial charge in [0.2, 0.25) is 0 Å². The van der Waals surface area contributed by atoms with Crippen LogP contribution in [0.1, 0.15) is 15.9 Å². The molecule has 118 valence electrons. The Labute approximate surface area is 131 Å². The number of carbonyl (C=O) groups excluding carboxylic acids is 1. The Hall–Kier alpha value is -3.35. The van der Waals surface area contributed by atoms with Crippen molar-refractivity contribution < 1.29 is 24.5 Å². The van der Waals surface area contributed by atoms with Crippen LogP contribution in [0.5, 0.6) is 11.5 Å². The first-order valence-electron chi connectivity index (χ1n) is 6.62. The number of benzene rings is 2. The highest BCUT2D eigenvalue weighted by molar-refractivity contribution is 5.95. The summed E-state index contributed by atoms with van der Waals surface area (Å²) in [5, 5.41) is 21.8. The average molecular weight is 314 g/mol. The number of hydrazone groups is 1. The third kappa shape index (κ3) is 4.85. The molecule has 0 bridgehead atoms. The van der Waals surface area contributed by atoms with Crippen molar-refractivity contribution in [2.75, 3.05) is 6.61 Å². The molecule has 7 heteroatoms. The van der Waals surface area contributed by atoms with Crippen LogP contribution in [0.3, 0.4) is 0 Å². The molecule has 0 aliphatic carbocycles. The number of carboxylic acids is 1. The fraction of sp³-hybridized carbons (Fsp3) is 0.0625. The zero-order chi connectivity index (χ0) is 16.7. The molecule has 0 spiro atoms. The zero-order valence-corrected chi connectivity index (χ0v) is 12.0. The molecule has 23 heavy (non-hydrogen) atoms. The van der Waals surface area contributed by atoms with Gasteiger partial charge in [-0.05, 0) is 30.3 Å². The maximum Gasteiger partial charge on any atom is 0.341 e. The van der Waals surface area contributed by atoms with Crippen LogP contribution in [0.4, 0.5) is 0 Å². The van der Waals surface area contributed by atoms with Crippen LogP contribution in [0.15, 0.2) is 53.6 Å². The van der Waals surface area contributed by atoms with Crippen LogP contribution in [0.25, 0.3) is 0 Å². The maximum atomic E-state index is 11.8. The van der Waals surface area contributed by atoms with Gasteiger partial charge in [-0.15, -0.1) is 0 Å². The summed E-state index contributed by atoms with van der Waals surface area (Å²) in [6.07, 6.45) is 1.35.